The Kier molecular flexibility index (Phi) is 3.82. The number of hydrogen-bond acceptors (Lipinski definition) is 3. The van der Waals surface area contributed by atoms with Gasteiger partial charge in [-0.15, -0.1) is 0 Å². The molecule has 0 saturated heterocycles. The molecule has 0 fully saturated rings. The van der Waals surface area contributed by atoms with E-state index >= 15 is 0 Å². The first kappa shape index (κ1) is 11.7. The molecule has 1 aromatic rings. The molecular weight excluding hydrogens is 190 g/mol. The van der Waals surface area contributed by atoms with E-state index < -0.39 is 6.04 Å². The van der Waals surface area contributed by atoms with Crippen LogP contribution < -0.4 is 11.2 Å². The number of hydrogen-bond donors (Lipinski definition) is 2. The van der Waals surface area contributed by atoms with Gasteiger partial charge < -0.3 is 5.73 Å². The van der Waals surface area contributed by atoms with E-state index in [1.54, 1.807) is 19.1 Å². The minimum absolute atomic E-state index is 0.200. The van der Waals surface area contributed by atoms with Gasteiger partial charge in [-0.1, -0.05) is 24.3 Å². The van der Waals surface area contributed by atoms with E-state index in [0.717, 1.165) is 11.1 Å². The molecule has 0 bridgehead atoms. The van der Waals surface area contributed by atoms with Crippen molar-refractivity contribution in [3.63, 3.8) is 0 Å². The third-order valence-electron chi connectivity index (χ3n) is 2.14. The molecule has 0 aliphatic carbocycles. The topological polar surface area (TPSA) is 58.4 Å². The number of hydrazine groups is 1. The molecule has 3 N–H and O–H groups in total. The van der Waals surface area contributed by atoms with Gasteiger partial charge >= 0.3 is 0 Å². The molecule has 0 saturated carbocycles. The molecule has 1 atom stereocenters. The van der Waals surface area contributed by atoms with Crippen LogP contribution >= 0.6 is 0 Å². The van der Waals surface area contributed by atoms with Crippen molar-refractivity contribution in [1.82, 2.24) is 10.4 Å². The number of carbonyl (C=O) groups is 1. The van der Waals surface area contributed by atoms with Crippen LogP contribution in [0.25, 0.3) is 0 Å². The number of carbonyl (C=O) groups excluding carboxylic acids is 1. The van der Waals surface area contributed by atoms with Gasteiger partial charge in [0.25, 0.3) is 5.91 Å². The zero-order valence-electron chi connectivity index (χ0n) is 9.32. The minimum atomic E-state index is -0.617. The van der Waals surface area contributed by atoms with Gasteiger partial charge in [-0.2, -0.15) is 0 Å². The number of aryl methyl sites for hydroxylation is 1. The van der Waals surface area contributed by atoms with Crippen molar-refractivity contribution < 1.29 is 4.79 Å². The third-order valence-corrected chi connectivity index (χ3v) is 2.14. The number of nitrogens with zero attached hydrogens (tertiary/aromatic N) is 1. The molecule has 0 radical (unpaired) electrons. The van der Waals surface area contributed by atoms with Crippen LogP contribution in [0.1, 0.15) is 17.2 Å². The highest BCUT2D eigenvalue weighted by Crippen LogP contribution is 2.14. The van der Waals surface area contributed by atoms with E-state index in [9.17, 15) is 4.79 Å². The van der Waals surface area contributed by atoms with Gasteiger partial charge in [0, 0.05) is 14.1 Å². The standard InChI is InChI=1S/C11H17N3O/c1-8-6-4-5-7-9(8)10(12)11(15)13-14(2)3/h4-7,10H,12H2,1-3H3,(H,13,15). The van der Waals surface area contributed by atoms with Gasteiger partial charge in [-0.3, -0.25) is 10.2 Å². The summed E-state index contributed by atoms with van der Waals surface area (Å²) in [6, 6.07) is 7.00. The summed E-state index contributed by atoms with van der Waals surface area (Å²) in [5.41, 5.74) is 10.4. The SMILES string of the molecule is Cc1ccccc1C(N)C(=O)NN(C)C. The number of nitrogens with two attached hydrogens (primary N) is 1. The highest BCUT2D eigenvalue weighted by atomic mass is 16.2. The fourth-order valence-corrected chi connectivity index (χ4v) is 1.37. The Morgan fingerprint density at radius 3 is 2.53 bits per heavy atom. The summed E-state index contributed by atoms with van der Waals surface area (Å²) in [7, 11) is 3.50. The van der Waals surface area contributed by atoms with Crippen LogP contribution in [0.15, 0.2) is 24.3 Å². The van der Waals surface area contributed by atoms with Crippen LogP contribution in [0.4, 0.5) is 0 Å². The number of amides is 1. The molecule has 1 unspecified atom stereocenters. The zero-order chi connectivity index (χ0) is 11.4. The highest BCUT2D eigenvalue weighted by Gasteiger charge is 2.17. The monoisotopic (exact) mass is 207 g/mol. The minimum Gasteiger partial charge on any atom is -0.316 e. The fourth-order valence-electron chi connectivity index (χ4n) is 1.37. The average molecular weight is 207 g/mol. The van der Waals surface area contributed by atoms with Crippen LogP contribution in [0.5, 0.6) is 0 Å². The molecule has 82 valence electrons. The number of benzene rings is 1. The average Bonchev–Trinajstić information content (AvgIpc) is 2.16. The van der Waals surface area contributed by atoms with Gasteiger partial charge in [0.05, 0.1) is 0 Å². The summed E-state index contributed by atoms with van der Waals surface area (Å²) >= 11 is 0. The van der Waals surface area contributed by atoms with Gasteiger partial charge in [-0.25, -0.2) is 5.01 Å². The van der Waals surface area contributed by atoms with Crippen molar-refractivity contribution in [3.05, 3.63) is 35.4 Å². The molecule has 0 aliphatic heterocycles. The zero-order valence-corrected chi connectivity index (χ0v) is 9.32. The predicted octanol–water partition coefficient (Wildman–Crippen LogP) is 0.588. The Morgan fingerprint density at radius 1 is 1.40 bits per heavy atom. The molecule has 4 heteroatoms. The lowest BCUT2D eigenvalue weighted by atomic mass is 10.0. The Balaban J connectivity index is 2.81. The Labute approximate surface area is 90.0 Å². The van der Waals surface area contributed by atoms with Crippen molar-refractivity contribution in [2.24, 2.45) is 5.73 Å². The van der Waals surface area contributed by atoms with Gasteiger partial charge in [-0.05, 0) is 18.1 Å². The first-order chi connectivity index (χ1) is 7.02. The molecule has 0 aromatic heterocycles. The second-order valence-corrected chi connectivity index (χ2v) is 3.70. The summed E-state index contributed by atoms with van der Waals surface area (Å²) in [6.45, 7) is 1.94. The van der Waals surface area contributed by atoms with Gasteiger partial charge in [0.2, 0.25) is 0 Å². The second-order valence-electron chi connectivity index (χ2n) is 3.70. The summed E-state index contributed by atoms with van der Waals surface area (Å²) in [5, 5.41) is 1.58. The van der Waals surface area contributed by atoms with E-state index in [1.165, 1.54) is 0 Å². The Hall–Kier alpha value is -1.39. The van der Waals surface area contributed by atoms with Crippen molar-refractivity contribution >= 4 is 5.91 Å². The van der Waals surface area contributed by atoms with E-state index in [4.69, 9.17) is 5.73 Å². The maximum atomic E-state index is 11.6. The lowest BCUT2D eigenvalue weighted by Crippen LogP contribution is -2.42. The lowest BCUT2D eigenvalue weighted by molar-refractivity contribution is -0.126. The normalized spacial score (nSPS) is 12.6. The van der Waals surface area contributed by atoms with Crippen molar-refractivity contribution in [2.45, 2.75) is 13.0 Å². The maximum absolute atomic E-state index is 11.6. The number of nitrogens with one attached hydrogen (secondary N) is 1. The molecule has 1 aromatic carbocycles. The van der Waals surface area contributed by atoms with Crippen molar-refractivity contribution in [1.29, 1.82) is 0 Å². The lowest BCUT2D eigenvalue weighted by Gasteiger charge is -2.18. The second kappa shape index (κ2) is 4.91. The highest BCUT2D eigenvalue weighted by molar-refractivity contribution is 5.82. The van der Waals surface area contributed by atoms with Crippen LogP contribution in [0.2, 0.25) is 0 Å². The van der Waals surface area contributed by atoms with Crippen molar-refractivity contribution in [3.8, 4) is 0 Å². The third kappa shape index (κ3) is 3.04. The van der Waals surface area contributed by atoms with Crippen molar-refractivity contribution in [2.75, 3.05) is 14.1 Å². The fraction of sp³-hybridized carbons (Fsp3) is 0.364. The quantitative estimate of drug-likeness (QED) is 0.713. The van der Waals surface area contributed by atoms with Crippen LogP contribution in [-0.4, -0.2) is 25.0 Å². The molecule has 4 nitrogen and oxygen atoms in total. The molecule has 1 rings (SSSR count). The molecule has 0 aliphatic rings. The first-order valence-corrected chi connectivity index (χ1v) is 4.81. The maximum Gasteiger partial charge on any atom is 0.255 e. The van der Waals surface area contributed by atoms with Crippen LogP contribution in [0.3, 0.4) is 0 Å². The Morgan fingerprint density at radius 2 is 2.00 bits per heavy atom. The Bertz CT molecular complexity index is 349. The van der Waals surface area contributed by atoms with Gasteiger partial charge in [0.15, 0.2) is 0 Å². The largest absolute Gasteiger partial charge is 0.316 e. The number of rotatable bonds is 3. The van der Waals surface area contributed by atoms with E-state index in [0.29, 0.717) is 0 Å². The molecule has 1 amide bonds. The van der Waals surface area contributed by atoms with Crippen LogP contribution in [0, 0.1) is 6.92 Å². The van der Waals surface area contributed by atoms with E-state index in [1.807, 2.05) is 31.2 Å². The van der Waals surface area contributed by atoms with E-state index in [2.05, 4.69) is 5.43 Å². The summed E-state index contributed by atoms with van der Waals surface area (Å²) < 4.78 is 0. The molecular formula is C11H17N3O. The van der Waals surface area contributed by atoms with Crippen LogP contribution in [-0.2, 0) is 4.79 Å². The predicted molar refractivity (Wildman–Crippen MR) is 59.9 cm³/mol. The smallest absolute Gasteiger partial charge is 0.255 e. The molecule has 0 heterocycles. The summed E-state index contributed by atoms with van der Waals surface area (Å²) in [4.78, 5) is 11.6. The van der Waals surface area contributed by atoms with Gasteiger partial charge in [0.1, 0.15) is 6.04 Å². The first-order valence-electron chi connectivity index (χ1n) is 4.81. The van der Waals surface area contributed by atoms with E-state index in [-0.39, 0.29) is 5.91 Å². The summed E-state index contributed by atoms with van der Waals surface area (Å²) in [6.07, 6.45) is 0. The molecule has 0 spiro atoms. The molecule has 15 heavy (non-hydrogen) atoms. The summed E-state index contributed by atoms with van der Waals surface area (Å²) in [5.74, 6) is -0.200.